The van der Waals surface area contributed by atoms with Gasteiger partial charge in [-0.05, 0) is 56.0 Å². The smallest absolute Gasteiger partial charge is 0.344 e. The van der Waals surface area contributed by atoms with E-state index in [2.05, 4.69) is 15.6 Å². The Bertz CT molecular complexity index is 1070. The van der Waals surface area contributed by atoms with E-state index < -0.39 is 23.4 Å². The number of nitrogens with zero attached hydrogens (tertiary/aromatic N) is 2. The Hall–Kier alpha value is -3.10. The summed E-state index contributed by atoms with van der Waals surface area (Å²) in [6.45, 7) is 3.64. The molecule has 1 aliphatic heterocycles. The third-order valence-corrected chi connectivity index (χ3v) is 6.63. The number of ether oxygens (including phenoxy) is 1. The zero-order valence-corrected chi connectivity index (χ0v) is 19.6. The second-order valence-electron chi connectivity index (χ2n) is 8.56. The Kier molecular flexibility index (Phi) is 6.32. The zero-order valence-electron chi connectivity index (χ0n) is 18.8. The summed E-state index contributed by atoms with van der Waals surface area (Å²) in [5.74, 6) is -0.358. The van der Waals surface area contributed by atoms with Crippen LogP contribution in [0.15, 0.2) is 48.5 Å². The summed E-state index contributed by atoms with van der Waals surface area (Å²) in [5.41, 5.74) is 2.72. The van der Waals surface area contributed by atoms with Gasteiger partial charge in [0.2, 0.25) is 0 Å². The number of halogens is 1. The summed E-state index contributed by atoms with van der Waals surface area (Å²) < 4.78 is 5.15. The van der Waals surface area contributed by atoms with E-state index in [0.717, 1.165) is 23.4 Å². The molecule has 0 bridgehead atoms. The number of nitrogens with one attached hydrogen (secondary N) is 2. The van der Waals surface area contributed by atoms with Crippen molar-refractivity contribution in [1.29, 1.82) is 0 Å². The van der Waals surface area contributed by atoms with Gasteiger partial charge in [0, 0.05) is 17.1 Å². The lowest BCUT2D eigenvalue weighted by atomic mass is 9.92. The van der Waals surface area contributed by atoms with E-state index in [4.69, 9.17) is 16.3 Å². The molecular formula is C24H27ClN4O4. The van der Waals surface area contributed by atoms with Crippen molar-refractivity contribution in [1.82, 2.24) is 20.7 Å². The lowest BCUT2D eigenvalue weighted by molar-refractivity contribution is -0.139. The van der Waals surface area contributed by atoms with Crippen molar-refractivity contribution in [3.8, 4) is 5.75 Å². The van der Waals surface area contributed by atoms with E-state index >= 15 is 0 Å². The molecule has 1 heterocycles. The van der Waals surface area contributed by atoms with Gasteiger partial charge in [-0.25, -0.2) is 4.79 Å². The summed E-state index contributed by atoms with van der Waals surface area (Å²) in [6.07, 6.45) is 1.97. The number of carbonyl (C=O) groups excluding carboxylic acids is 3. The lowest BCUT2D eigenvalue weighted by Gasteiger charge is -2.30. The summed E-state index contributed by atoms with van der Waals surface area (Å²) in [4.78, 5) is 40.7. The van der Waals surface area contributed by atoms with Crippen LogP contribution >= 0.6 is 11.6 Å². The van der Waals surface area contributed by atoms with Crippen molar-refractivity contribution in [3.63, 3.8) is 0 Å². The SMILES string of the molecule is COc1ccc(C2(C)NC(=O)N(NC(=O)CN(C3CC3)C(C)c3ccccc3Cl)C2=O)cc1. The van der Waals surface area contributed by atoms with Gasteiger partial charge in [-0.1, -0.05) is 41.9 Å². The third-order valence-electron chi connectivity index (χ3n) is 6.29. The second-order valence-corrected chi connectivity index (χ2v) is 8.97. The molecule has 2 unspecified atom stereocenters. The number of rotatable bonds is 8. The predicted octanol–water partition coefficient (Wildman–Crippen LogP) is 3.37. The molecule has 2 aromatic carbocycles. The molecule has 1 saturated heterocycles. The van der Waals surface area contributed by atoms with Crippen LogP contribution in [0.25, 0.3) is 0 Å². The number of hydrogen-bond donors (Lipinski definition) is 2. The monoisotopic (exact) mass is 470 g/mol. The maximum atomic E-state index is 13.1. The van der Waals surface area contributed by atoms with Gasteiger partial charge in [0.25, 0.3) is 11.8 Å². The van der Waals surface area contributed by atoms with Crippen molar-refractivity contribution in [2.75, 3.05) is 13.7 Å². The number of benzene rings is 2. The Balaban J connectivity index is 1.46. The first kappa shape index (κ1) is 23.1. The molecule has 2 atom stereocenters. The highest BCUT2D eigenvalue weighted by molar-refractivity contribution is 6.31. The fourth-order valence-electron chi connectivity index (χ4n) is 4.17. The van der Waals surface area contributed by atoms with Crippen molar-refractivity contribution in [2.45, 2.75) is 44.3 Å². The molecular weight excluding hydrogens is 444 g/mol. The van der Waals surface area contributed by atoms with E-state index in [0.29, 0.717) is 16.3 Å². The molecule has 1 saturated carbocycles. The van der Waals surface area contributed by atoms with Crippen LogP contribution in [-0.4, -0.2) is 47.5 Å². The number of amides is 4. The first-order valence-electron chi connectivity index (χ1n) is 10.9. The van der Waals surface area contributed by atoms with Crippen molar-refractivity contribution < 1.29 is 19.1 Å². The first-order valence-corrected chi connectivity index (χ1v) is 11.2. The molecule has 9 heteroatoms. The highest BCUT2D eigenvalue weighted by atomic mass is 35.5. The summed E-state index contributed by atoms with van der Waals surface area (Å²) in [6, 6.07) is 13.9. The van der Waals surface area contributed by atoms with Gasteiger partial charge in [0.15, 0.2) is 0 Å². The van der Waals surface area contributed by atoms with Gasteiger partial charge in [0.1, 0.15) is 11.3 Å². The van der Waals surface area contributed by atoms with E-state index in [1.54, 1.807) is 38.3 Å². The Labute approximate surface area is 197 Å². The van der Waals surface area contributed by atoms with Crippen molar-refractivity contribution >= 4 is 29.4 Å². The van der Waals surface area contributed by atoms with Crippen LogP contribution in [0.4, 0.5) is 4.79 Å². The largest absolute Gasteiger partial charge is 0.497 e. The van der Waals surface area contributed by atoms with Crippen molar-refractivity contribution in [2.24, 2.45) is 0 Å². The van der Waals surface area contributed by atoms with Gasteiger partial charge >= 0.3 is 6.03 Å². The van der Waals surface area contributed by atoms with Crippen LogP contribution < -0.4 is 15.5 Å². The van der Waals surface area contributed by atoms with E-state index in [-0.39, 0.29) is 18.6 Å². The van der Waals surface area contributed by atoms with Crippen LogP contribution in [-0.2, 0) is 15.1 Å². The predicted molar refractivity (Wildman–Crippen MR) is 123 cm³/mol. The van der Waals surface area contributed by atoms with Gasteiger partial charge in [0.05, 0.1) is 13.7 Å². The molecule has 2 fully saturated rings. The number of urea groups is 1. The Morgan fingerprint density at radius 2 is 1.91 bits per heavy atom. The molecule has 33 heavy (non-hydrogen) atoms. The zero-order chi connectivity index (χ0) is 23.8. The number of methoxy groups -OCH3 is 1. The van der Waals surface area contributed by atoms with Gasteiger partial charge in [-0.2, -0.15) is 5.01 Å². The molecule has 2 N–H and O–H groups in total. The topological polar surface area (TPSA) is 91.0 Å². The Morgan fingerprint density at radius 3 is 2.52 bits per heavy atom. The average Bonchev–Trinajstić information content (AvgIpc) is 3.62. The van der Waals surface area contributed by atoms with Crippen LogP contribution in [0.2, 0.25) is 5.02 Å². The summed E-state index contributed by atoms with van der Waals surface area (Å²) >= 11 is 6.37. The second kappa shape index (κ2) is 9.03. The van der Waals surface area contributed by atoms with Crippen LogP contribution in [0.3, 0.4) is 0 Å². The maximum Gasteiger partial charge on any atom is 0.344 e. The molecule has 0 spiro atoms. The normalized spacial score (nSPS) is 21.2. The van der Waals surface area contributed by atoms with Crippen LogP contribution in [0.1, 0.15) is 43.9 Å². The molecule has 2 aliphatic rings. The number of carbonyl (C=O) groups is 3. The minimum absolute atomic E-state index is 0.0351. The molecule has 174 valence electrons. The fourth-order valence-corrected chi connectivity index (χ4v) is 4.46. The molecule has 1 aliphatic carbocycles. The molecule has 2 aromatic rings. The molecule has 0 aromatic heterocycles. The minimum atomic E-state index is -1.29. The van der Waals surface area contributed by atoms with E-state index in [1.807, 2.05) is 31.2 Å². The maximum absolute atomic E-state index is 13.1. The highest BCUT2D eigenvalue weighted by Crippen LogP contribution is 2.36. The first-order chi connectivity index (χ1) is 15.7. The van der Waals surface area contributed by atoms with E-state index in [1.165, 1.54) is 0 Å². The van der Waals surface area contributed by atoms with Gasteiger partial charge < -0.3 is 10.1 Å². The van der Waals surface area contributed by atoms with Crippen LogP contribution in [0.5, 0.6) is 5.75 Å². The lowest BCUT2D eigenvalue weighted by Crippen LogP contribution is -2.51. The number of imide groups is 1. The molecule has 4 rings (SSSR count). The van der Waals surface area contributed by atoms with Gasteiger partial charge in [-0.3, -0.25) is 19.9 Å². The van der Waals surface area contributed by atoms with Gasteiger partial charge in [-0.15, -0.1) is 0 Å². The standard InChI is InChI=1S/C24H27ClN4O4/c1-15(19-6-4-5-7-20(19)25)28(17-10-11-17)14-21(30)27-29-22(31)24(2,26-23(29)32)16-8-12-18(33-3)13-9-16/h4-9,12-13,15,17H,10-11,14H2,1-3H3,(H,26,32)(H,27,30). The van der Waals surface area contributed by atoms with Crippen LogP contribution in [0, 0.1) is 0 Å². The minimum Gasteiger partial charge on any atom is -0.497 e. The fraction of sp³-hybridized carbons (Fsp3) is 0.375. The summed E-state index contributed by atoms with van der Waals surface area (Å²) in [7, 11) is 1.55. The molecule has 4 amide bonds. The van der Waals surface area contributed by atoms with Crippen molar-refractivity contribution in [3.05, 3.63) is 64.7 Å². The highest BCUT2D eigenvalue weighted by Gasteiger charge is 2.50. The Morgan fingerprint density at radius 1 is 1.24 bits per heavy atom. The molecule has 8 nitrogen and oxygen atoms in total. The molecule has 0 radical (unpaired) electrons. The quantitative estimate of drug-likeness (QED) is 0.577. The third kappa shape index (κ3) is 4.54. The average molecular weight is 471 g/mol. The number of hydrazine groups is 1. The van der Waals surface area contributed by atoms with E-state index in [9.17, 15) is 14.4 Å². The summed E-state index contributed by atoms with van der Waals surface area (Å²) in [5, 5.41) is 4.09. The number of hydrogen-bond acceptors (Lipinski definition) is 5.